The predicted molar refractivity (Wildman–Crippen MR) is 69.1 cm³/mol. The highest BCUT2D eigenvalue weighted by Gasteiger charge is 2.17. The van der Waals surface area contributed by atoms with Crippen LogP contribution in [-0.2, 0) is 0 Å². The SMILES string of the molecule is CCCNC(CSC(C)(C)C)C(C)C. The number of hydrogen-bond donors (Lipinski definition) is 1. The van der Waals surface area contributed by atoms with Crippen molar-refractivity contribution < 1.29 is 0 Å². The molecule has 0 aromatic carbocycles. The monoisotopic (exact) mass is 217 g/mol. The molecule has 14 heavy (non-hydrogen) atoms. The highest BCUT2D eigenvalue weighted by molar-refractivity contribution is 8.00. The lowest BCUT2D eigenvalue weighted by molar-refractivity contribution is 0.433. The van der Waals surface area contributed by atoms with Crippen LogP contribution in [0.2, 0.25) is 0 Å². The van der Waals surface area contributed by atoms with E-state index in [9.17, 15) is 0 Å². The molecule has 1 N–H and O–H groups in total. The second-order valence-corrected chi connectivity index (χ2v) is 7.07. The van der Waals surface area contributed by atoms with Crippen LogP contribution in [0.15, 0.2) is 0 Å². The van der Waals surface area contributed by atoms with Crippen molar-refractivity contribution in [1.82, 2.24) is 5.32 Å². The average Bonchev–Trinajstić information content (AvgIpc) is 2.01. The molecule has 0 aromatic rings. The third kappa shape index (κ3) is 7.69. The number of nitrogens with one attached hydrogen (secondary N) is 1. The molecule has 1 unspecified atom stereocenters. The zero-order valence-corrected chi connectivity index (χ0v) is 11.5. The quantitative estimate of drug-likeness (QED) is 0.730. The maximum Gasteiger partial charge on any atom is 0.0181 e. The molecule has 0 aromatic heterocycles. The molecule has 0 aliphatic heterocycles. The molecule has 0 spiro atoms. The van der Waals surface area contributed by atoms with E-state index in [4.69, 9.17) is 0 Å². The highest BCUT2D eigenvalue weighted by atomic mass is 32.2. The van der Waals surface area contributed by atoms with Gasteiger partial charge in [0.05, 0.1) is 0 Å². The Labute approximate surface area is 94.4 Å². The molecule has 2 heteroatoms. The molecular formula is C12H27NS. The third-order valence-electron chi connectivity index (χ3n) is 2.16. The largest absolute Gasteiger partial charge is 0.313 e. The van der Waals surface area contributed by atoms with Gasteiger partial charge in [-0.2, -0.15) is 11.8 Å². The van der Waals surface area contributed by atoms with Gasteiger partial charge in [0.1, 0.15) is 0 Å². The van der Waals surface area contributed by atoms with E-state index in [2.05, 4.69) is 58.6 Å². The van der Waals surface area contributed by atoms with Crippen LogP contribution in [0, 0.1) is 5.92 Å². The highest BCUT2D eigenvalue weighted by Crippen LogP contribution is 2.25. The maximum atomic E-state index is 3.62. The first kappa shape index (κ1) is 14.3. The zero-order valence-electron chi connectivity index (χ0n) is 10.7. The molecule has 1 atom stereocenters. The first-order chi connectivity index (χ1) is 6.37. The van der Waals surface area contributed by atoms with Crippen LogP contribution < -0.4 is 5.32 Å². The summed E-state index contributed by atoms with van der Waals surface area (Å²) in [5, 5.41) is 3.62. The van der Waals surface area contributed by atoms with Gasteiger partial charge in [0.15, 0.2) is 0 Å². The van der Waals surface area contributed by atoms with Crippen LogP contribution in [0.5, 0.6) is 0 Å². The van der Waals surface area contributed by atoms with Crippen LogP contribution in [-0.4, -0.2) is 23.1 Å². The van der Waals surface area contributed by atoms with Gasteiger partial charge in [0, 0.05) is 16.5 Å². The van der Waals surface area contributed by atoms with E-state index >= 15 is 0 Å². The Morgan fingerprint density at radius 1 is 1.21 bits per heavy atom. The van der Waals surface area contributed by atoms with Crippen molar-refractivity contribution in [2.45, 2.75) is 58.8 Å². The fourth-order valence-electron chi connectivity index (χ4n) is 1.16. The average molecular weight is 217 g/mol. The summed E-state index contributed by atoms with van der Waals surface area (Å²) < 4.78 is 0.390. The Morgan fingerprint density at radius 3 is 2.14 bits per heavy atom. The molecule has 0 radical (unpaired) electrons. The number of rotatable bonds is 6. The van der Waals surface area contributed by atoms with Crippen molar-refractivity contribution in [3.8, 4) is 0 Å². The lowest BCUT2D eigenvalue weighted by atomic mass is 10.1. The van der Waals surface area contributed by atoms with E-state index in [1.807, 2.05) is 0 Å². The summed E-state index contributed by atoms with van der Waals surface area (Å²) in [5.74, 6) is 1.96. The topological polar surface area (TPSA) is 12.0 Å². The Kier molecular flexibility index (Phi) is 6.88. The molecule has 0 aliphatic carbocycles. The van der Waals surface area contributed by atoms with Gasteiger partial charge in [-0.3, -0.25) is 0 Å². The Morgan fingerprint density at radius 2 is 1.79 bits per heavy atom. The Balaban J connectivity index is 3.85. The van der Waals surface area contributed by atoms with Gasteiger partial charge >= 0.3 is 0 Å². The molecule has 0 fully saturated rings. The molecule has 86 valence electrons. The van der Waals surface area contributed by atoms with Gasteiger partial charge in [-0.25, -0.2) is 0 Å². The number of hydrogen-bond acceptors (Lipinski definition) is 2. The van der Waals surface area contributed by atoms with Crippen molar-refractivity contribution in [2.75, 3.05) is 12.3 Å². The smallest absolute Gasteiger partial charge is 0.0181 e. The summed E-state index contributed by atoms with van der Waals surface area (Å²) in [6, 6.07) is 0.666. The molecule has 0 aliphatic rings. The summed E-state index contributed by atoms with van der Waals surface area (Å²) in [4.78, 5) is 0. The standard InChI is InChI=1S/C12H27NS/c1-7-8-13-11(10(2)3)9-14-12(4,5)6/h10-11,13H,7-9H2,1-6H3. The van der Waals surface area contributed by atoms with Crippen molar-refractivity contribution in [2.24, 2.45) is 5.92 Å². The molecule has 1 nitrogen and oxygen atoms in total. The second kappa shape index (κ2) is 6.73. The van der Waals surface area contributed by atoms with E-state index in [1.54, 1.807) is 0 Å². The first-order valence-electron chi connectivity index (χ1n) is 5.74. The van der Waals surface area contributed by atoms with Gasteiger partial charge in [-0.05, 0) is 18.9 Å². The van der Waals surface area contributed by atoms with Crippen molar-refractivity contribution in [1.29, 1.82) is 0 Å². The molecular weight excluding hydrogens is 190 g/mol. The predicted octanol–water partition coefficient (Wildman–Crippen LogP) is 3.54. The molecule has 0 amide bonds. The van der Waals surface area contributed by atoms with Gasteiger partial charge in [-0.1, -0.05) is 41.5 Å². The van der Waals surface area contributed by atoms with Crippen molar-refractivity contribution in [3.05, 3.63) is 0 Å². The maximum absolute atomic E-state index is 3.62. The second-order valence-electron chi connectivity index (χ2n) is 5.23. The zero-order chi connectivity index (χ0) is 11.2. The molecule has 0 saturated carbocycles. The van der Waals surface area contributed by atoms with E-state index < -0.39 is 0 Å². The lowest BCUT2D eigenvalue weighted by Gasteiger charge is -2.26. The Bertz CT molecular complexity index is 138. The van der Waals surface area contributed by atoms with Crippen LogP contribution in [0.3, 0.4) is 0 Å². The fraction of sp³-hybridized carbons (Fsp3) is 1.00. The summed E-state index contributed by atoms with van der Waals surface area (Å²) in [6.45, 7) is 14.8. The molecule has 0 rings (SSSR count). The van der Waals surface area contributed by atoms with Crippen LogP contribution >= 0.6 is 11.8 Å². The first-order valence-corrected chi connectivity index (χ1v) is 6.72. The summed E-state index contributed by atoms with van der Waals surface area (Å²) in [7, 11) is 0. The minimum absolute atomic E-state index is 0.390. The van der Waals surface area contributed by atoms with Crippen LogP contribution in [0.25, 0.3) is 0 Å². The minimum Gasteiger partial charge on any atom is -0.313 e. The normalized spacial score (nSPS) is 14.8. The van der Waals surface area contributed by atoms with Crippen molar-refractivity contribution >= 4 is 11.8 Å². The fourth-order valence-corrected chi connectivity index (χ4v) is 2.34. The summed E-state index contributed by atoms with van der Waals surface area (Å²) in [5.41, 5.74) is 0. The van der Waals surface area contributed by atoms with Gasteiger partial charge < -0.3 is 5.32 Å². The molecule has 0 heterocycles. The summed E-state index contributed by atoms with van der Waals surface area (Å²) >= 11 is 2.06. The summed E-state index contributed by atoms with van der Waals surface area (Å²) in [6.07, 6.45) is 1.23. The van der Waals surface area contributed by atoms with Gasteiger partial charge in [0.25, 0.3) is 0 Å². The molecule has 0 bridgehead atoms. The van der Waals surface area contributed by atoms with Gasteiger partial charge in [0.2, 0.25) is 0 Å². The van der Waals surface area contributed by atoms with Crippen LogP contribution in [0.1, 0.15) is 48.0 Å². The number of thioether (sulfide) groups is 1. The minimum atomic E-state index is 0.390. The molecule has 0 saturated heterocycles. The van der Waals surface area contributed by atoms with Crippen LogP contribution in [0.4, 0.5) is 0 Å². The van der Waals surface area contributed by atoms with Gasteiger partial charge in [-0.15, -0.1) is 0 Å². The van der Waals surface area contributed by atoms with E-state index in [-0.39, 0.29) is 0 Å². The van der Waals surface area contributed by atoms with E-state index in [0.29, 0.717) is 10.8 Å². The van der Waals surface area contributed by atoms with E-state index in [0.717, 1.165) is 12.5 Å². The third-order valence-corrected chi connectivity index (χ3v) is 3.55. The lowest BCUT2D eigenvalue weighted by Crippen LogP contribution is -2.37. The Hall–Kier alpha value is 0.310. The van der Waals surface area contributed by atoms with Crippen molar-refractivity contribution in [3.63, 3.8) is 0 Å². The van der Waals surface area contributed by atoms with E-state index in [1.165, 1.54) is 12.2 Å².